The van der Waals surface area contributed by atoms with Gasteiger partial charge in [-0.25, -0.2) is 4.39 Å². The van der Waals surface area contributed by atoms with E-state index in [4.69, 9.17) is 0 Å². The van der Waals surface area contributed by atoms with E-state index in [0.29, 0.717) is 17.8 Å². The Bertz CT molecular complexity index is 484. The summed E-state index contributed by atoms with van der Waals surface area (Å²) in [6, 6.07) is 5.78. The van der Waals surface area contributed by atoms with Crippen molar-refractivity contribution in [2.24, 2.45) is 0 Å². The lowest BCUT2D eigenvalue weighted by atomic mass is 10.1. The van der Waals surface area contributed by atoms with Crippen molar-refractivity contribution in [3.8, 4) is 0 Å². The Balaban J connectivity index is 2.29. The number of rotatable bonds is 3. The summed E-state index contributed by atoms with van der Waals surface area (Å²) >= 11 is 1.97. The lowest BCUT2D eigenvalue weighted by Gasteiger charge is -2.40. The molecule has 0 radical (unpaired) electrons. The van der Waals surface area contributed by atoms with Crippen molar-refractivity contribution in [1.82, 2.24) is 5.32 Å². The third-order valence-electron chi connectivity index (χ3n) is 4.05. The Hall–Kier alpha value is -0.740. The molecule has 1 N–H and O–H groups in total. The molecule has 2 atom stereocenters. The summed E-state index contributed by atoms with van der Waals surface area (Å²) in [5, 5.41) is 4.00. The molecule has 1 aliphatic heterocycles. The number of para-hydroxylation sites is 1. The third-order valence-corrected chi connectivity index (χ3v) is 5.39. The first-order valence-corrected chi connectivity index (χ1v) is 8.75. The van der Waals surface area contributed by atoms with Crippen LogP contribution in [0.5, 0.6) is 0 Å². The molecular formula is C17H27FN2S. The van der Waals surface area contributed by atoms with Crippen LogP contribution in [-0.4, -0.2) is 29.1 Å². The van der Waals surface area contributed by atoms with Gasteiger partial charge in [-0.2, -0.15) is 11.8 Å². The summed E-state index contributed by atoms with van der Waals surface area (Å²) < 4.78 is 14.5. The highest BCUT2D eigenvalue weighted by molar-refractivity contribution is 8.00. The maximum atomic E-state index is 14.5. The standard InChI is InChI=1S/C17H27FN2S/c1-12-13(2)21-10-9-20(12)16-14(7-6-8-15(16)18)11-19-17(3,4)5/h6-8,12-13,19H,9-11H2,1-5H3. The highest BCUT2D eigenvalue weighted by Gasteiger charge is 2.28. The van der Waals surface area contributed by atoms with Gasteiger partial charge < -0.3 is 10.2 Å². The van der Waals surface area contributed by atoms with Crippen molar-refractivity contribution < 1.29 is 4.39 Å². The van der Waals surface area contributed by atoms with E-state index in [1.807, 2.05) is 23.9 Å². The molecule has 0 aromatic heterocycles. The maximum absolute atomic E-state index is 14.5. The van der Waals surface area contributed by atoms with Gasteiger partial charge in [0.2, 0.25) is 0 Å². The molecule has 1 aromatic carbocycles. The summed E-state index contributed by atoms with van der Waals surface area (Å²) in [7, 11) is 0. The van der Waals surface area contributed by atoms with Crippen LogP contribution in [0.3, 0.4) is 0 Å². The molecule has 2 unspecified atom stereocenters. The highest BCUT2D eigenvalue weighted by atomic mass is 32.2. The molecule has 0 aliphatic carbocycles. The van der Waals surface area contributed by atoms with E-state index in [0.717, 1.165) is 23.5 Å². The van der Waals surface area contributed by atoms with Crippen molar-refractivity contribution in [3.63, 3.8) is 0 Å². The van der Waals surface area contributed by atoms with Crippen LogP contribution >= 0.6 is 11.8 Å². The number of halogens is 1. The normalized spacial score (nSPS) is 23.4. The van der Waals surface area contributed by atoms with E-state index in [-0.39, 0.29) is 11.4 Å². The van der Waals surface area contributed by atoms with Crippen molar-refractivity contribution >= 4 is 17.4 Å². The molecule has 1 aromatic rings. The Morgan fingerprint density at radius 1 is 1.33 bits per heavy atom. The molecular weight excluding hydrogens is 283 g/mol. The average Bonchev–Trinajstić information content (AvgIpc) is 2.39. The number of thioether (sulfide) groups is 1. The molecule has 1 saturated heterocycles. The fraction of sp³-hybridized carbons (Fsp3) is 0.647. The van der Waals surface area contributed by atoms with Gasteiger partial charge in [0.05, 0.1) is 5.69 Å². The minimum atomic E-state index is -0.103. The van der Waals surface area contributed by atoms with Crippen LogP contribution in [0.25, 0.3) is 0 Å². The second-order valence-electron chi connectivity index (χ2n) is 6.86. The molecule has 118 valence electrons. The molecule has 1 aliphatic rings. The SMILES string of the molecule is CC1SCCN(c2c(F)cccc2CNC(C)(C)C)C1C. The molecule has 1 fully saturated rings. The first kappa shape index (κ1) is 16.6. The number of nitrogens with zero attached hydrogens (tertiary/aromatic N) is 1. The van der Waals surface area contributed by atoms with Gasteiger partial charge in [-0.05, 0) is 39.3 Å². The average molecular weight is 310 g/mol. The number of hydrogen-bond acceptors (Lipinski definition) is 3. The minimum Gasteiger partial charge on any atom is -0.364 e. The van der Waals surface area contributed by atoms with Gasteiger partial charge in [0, 0.05) is 35.7 Å². The largest absolute Gasteiger partial charge is 0.364 e. The van der Waals surface area contributed by atoms with Crippen LogP contribution in [0.2, 0.25) is 0 Å². The Morgan fingerprint density at radius 3 is 2.71 bits per heavy atom. The zero-order valence-electron chi connectivity index (χ0n) is 13.7. The maximum Gasteiger partial charge on any atom is 0.146 e. The van der Waals surface area contributed by atoms with Crippen LogP contribution in [0.1, 0.15) is 40.2 Å². The Morgan fingerprint density at radius 2 is 2.05 bits per heavy atom. The van der Waals surface area contributed by atoms with E-state index < -0.39 is 0 Å². The number of hydrogen-bond donors (Lipinski definition) is 1. The monoisotopic (exact) mass is 310 g/mol. The van der Waals surface area contributed by atoms with Gasteiger partial charge >= 0.3 is 0 Å². The zero-order chi connectivity index (χ0) is 15.6. The summed E-state index contributed by atoms with van der Waals surface area (Å²) in [5.74, 6) is 0.959. The molecule has 4 heteroatoms. The number of anilines is 1. The quantitative estimate of drug-likeness (QED) is 0.907. The van der Waals surface area contributed by atoms with Crippen LogP contribution in [0.4, 0.5) is 10.1 Å². The van der Waals surface area contributed by atoms with Gasteiger partial charge in [-0.3, -0.25) is 0 Å². The molecule has 0 bridgehead atoms. The zero-order valence-corrected chi connectivity index (χ0v) is 14.6. The molecule has 0 saturated carbocycles. The second-order valence-corrected chi connectivity index (χ2v) is 8.35. The highest BCUT2D eigenvalue weighted by Crippen LogP contribution is 2.33. The van der Waals surface area contributed by atoms with Crippen molar-refractivity contribution in [1.29, 1.82) is 0 Å². The van der Waals surface area contributed by atoms with Crippen LogP contribution in [0, 0.1) is 5.82 Å². The molecule has 0 amide bonds. The van der Waals surface area contributed by atoms with Gasteiger partial charge in [0.25, 0.3) is 0 Å². The molecule has 0 spiro atoms. The molecule has 1 heterocycles. The molecule has 21 heavy (non-hydrogen) atoms. The number of benzene rings is 1. The van der Waals surface area contributed by atoms with Crippen LogP contribution in [-0.2, 0) is 6.54 Å². The van der Waals surface area contributed by atoms with Crippen LogP contribution < -0.4 is 10.2 Å². The van der Waals surface area contributed by atoms with E-state index in [1.165, 1.54) is 0 Å². The lowest BCUT2D eigenvalue weighted by Crippen LogP contribution is -2.46. The summed E-state index contributed by atoms with van der Waals surface area (Å²) in [5.41, 5.74) is 1.87. The van der Waals surface area contributed by atoms with Crippen molar-refractivity contribution in [2.45, 2.75) is 58.0 Å². The van der Waals surface area contributed by atoms with E-state index in [2.05, 4.69) is 44.8 Å². The van der Waals surface area contributed by atoms with Crippen molar-refractivity contribution in [2.75, 3.05) is 17.2 Å². The minimum absolute atomic E-state index is 0.0280. The summed E-state index contributed by atoms with van der Waals surface area (Å²) in [6.45, 7) is 12.4. The van der Waals surface area contributed by atoms with E-state index in [1.54, 1.807) is 6.07 Å². The fourth-order valence-electron chi connectivity index (χ4n) is 2.63. The predicted octanol–water partition coefficient (Wildman–Crippen LogP) is 4.04. The second kappa shape index (κ2) is 6.57. The summed E-state index contributed by atoms with van der Waals surface area (Å²) in [4.78, 5) is 2.25. The Kier molecular flexibility index (Phi) is 5.20. The summed E-state index contributed by atoms with van der Waals surface area (Å²) in [6.07, 6.45) is 0. The predicted molar refractivity (Wildman–Crippen MR) is 91.7 cm³/mol. The topological polar surface area (TPSA) is 15.3 Å². The fourth-order valence-corrected chi connectivity index (χ4v) is 3.73. The van der Waals surface area contributed by atoms with E-state index >= 15 is 0 Å². The Labute approximate surface area is 132 Å². The van der Waals surface area contributed by atoms with Gasteiger partial charge in [-0.1, -0.05) is 19.1 Å². The van der Waals surface area contributed by atoms with Gasteiger partial charge in [-0.15, -0.1) is 0 Å². The third kappa shape index (κ3) is 4.13. The van der Waals surface area contributed by atoms with Crippen LogP contribution in [0.15, 0.2) is 18.2 Å². The number of nitrogens with one attached hydrogen (secondary N) is 1. The van der Waals surface area contributed by atoms with Crippen molar-refractivity contribution in [3.05, 3.63) is 29.6 Å². The van der Waals surface area contributed by atoms with Gasteiger partial charge in [0.15, 0.2) is 0 Å². The first-order chi connectivity index (χ1) is 9.79. The van der Waals surface area contributed by atoms with E-state index in [9.17, 15) is 4.39 Å². The van der Waals surface area contributed by atoms with Gasteiger partial charge in [0.1, 0.15) is 5.82 Å². The lowest BCUT2D eigenvalue weighted by molar-refractivity contribution is 0.423. The molecule has 2 rings (SSSR count). The first-order valence-electron chi connectivity index (χ1n) is 7.70. The smallest absolute Gasteiger partial charge is 0.146 e. The molecule has 2 nitrogen and oxygen atoms in total.